The summed E-state index contributed by atoms with van der Waals surface area (Å²) in [6.07, 6.45) is 2.06. The second kappa shape index (κ2) is 7.09. The summed E-state index contributed by atoms with van der Waals surface area (Å²) in [5.74, 6) is 0.818. The van der Waals surface area contributed by atoms with Crippen molar-refractivity contribution in [2.24, 2.45) is 0 Å². The van der Waals surface area contributed by atoms with Crippen molar-refractivity contribution in [1.29, 1.82) is 0 Å². The number of nitrogens with one attached hydrogen (secondary N) is 1. The molecule has 0 unspecified atom stereocenters. The fraction of sp³-hybridized carbons (Fsp3) is 0.474. The van der Waals surface area contributed by atoms with Crippen molar-refractivity contribution in [2.45, 2.75) is 38.5 Å². The van der Waals surface area contributed by atoms with Gasteiger partial charge < -0.3 is 9.84 Å². The molecule has 7 nitrogen and oxygen atoms in total. The van der Waals surface area contributed by atoms with Crippen molar-refractivity contribution >= 4 is 0 Å². The maximum atomic E-state index is 12.3. The number of aliphatic hydroxyl groups is 1. The first-order valence-electron chi connectivity index (χ1n) is 8.70. The summed E-state index contributed by atoms with van der Waals surface area (Å²) in [6.45, 7) is 5.26. The van der Waals surface area contributed by atoms with Gasteiger partial charge in [-0.2, -0.15) is 0 Å². The highest BCUT2D eigenvalue weighted by atomic mass is 16.5. The van der Waals surface area contributed by atoms with Gasteiger partial charge in [-0.05, 0) is 26.3 Å². The highest BCUT2D eigenvalue weighted by Gasteiger charge is 2.39. The Morgan fingerprint density at radius 2 is 2.08 bits per heavy atom. The molecule has 1 aromatic carbocycles. The maximum Gasteiger partial charge on any atom is 0.328 e. The van der Waals surface area contributed by atoms with Crippen LogP contribution >= 0.6 is 0 Å². The fourth-order valence-corrected chi connectivity index (χ4v) is 3.51. The van der Waals surface area contributed by atoms with Crippen LogP contribution < -0.4 is 16.0 Å². The van der Waals surface area contributed by atoms with Crippen LogP contribution in [0.15, 0.2) is 40.1 Å². The standard InChI is InChI=1S/C19H25N3O4/c1-13-10-22(18(24)20-17(13)23)16-12-21(9-8-19(16,2)25)11-14-6-4-5-7-15(14)26-3/h4-7,10,16,25H,8-9,11-12H2,1-3H3,(H,20,23,24)/t16-,19-/m1/s1. The molecule has 0 spiro atoms. The molecule has 0 aliphatic carbocycles. The van der Waals surface area contributed by atoms with Crippen LogP contribution in [0.25, 0.3) is 0 Å². The minimum absolute atomic E-state index is 0.396. The molecule has 1 aliphatic rings. The quantitative estimate of drug-likeness (QED) is 0.852. The molecule has 0 amide bonds. The first-order chi connectivity index (χ1) is 12.3. The van der Waals surface area contributed by atoms with Gasteiger partial charge in [-0.15, -0.1) is 0 Å². The van der Waals surface area contributed by atoms with E-state index < -0.39 is 22.9 Å². The molecule has 0 saturated carbocycles. The highest BCUT2D eigenvalue weighted by Crippen LogP contribution is 2.32. The van der Waals surface area contributed by atoms with Gasteiger partial charge in [-0.1, -0.05) is 18.2 Å². The molecule has 2 atom stereocenters. The van der Waals surface area contributed by atoms with E-state index in [4.69, 9.17) is 4.74 Å². The van der Waals surface area contributed by atoms with Gasteiger partial charge in [0.15, 0.2) is 0 Å². The SMILES string of the molecule is COc1ccccc1CN1CC[C@@](C)(O)[C@H](n2cc(C)c(=O)[nH]c2=O)C1. The number of aryl methyl sites for hydroxylation is 1. The molecule has 2 N–H and O–H groups in total. The number of aromatic amines is 1. The fourth-order valence-electron chi connectivity index (χ4n) is 3.51. The summed E-state index contributed by atoms with van der Waals surface area (Å²) in [4.78, 5) is 28.5. The zero-order chi connectivity index (χ0) is 18.9. The van der Waals surface area contributed by atoms with E-state index in [1.54, 1.807) is 21.0 Å². The van der Waals surface area contributed by atoms with Crippen molar-refractivity contribution in [3.63, 3.8) is 0 Å². The first-order valence-corrected chi connectivity index (χ1v) is 8.70. The van der Waals surface area contributed by atoms with Crippen LogP contribution in [-0.2, 0) is 6.54 Å². The topological polar surface area (TPSA) is 87.6 Å². The smallest absolute Gasteiger partial charge is 0.328 e. The number of methoxy groups -OCH3 is 1. The number of H-pyrrole nitrogens is 1. The number of piperidine rings is 1. The summed E-state index contributed by atoms with van der Waals surface area (Å²) in [5.41, 5.74) is -0.425. The van der Waals surface area contributed by atoms with Crippen LogP contribution in [0.1, 0.15) is 30.5 Å². The number of nitrogens with zero attached hydrogens (tertiary/aromatic N) is 2. The van der Waals surface area contributed by atoms with Crippen molar-refractivity contribution in [3.8, 4) is 5.75 Å². The Bertz CT molecular complexity index is 900. The molecule has 1 saturated heterocycles. The van der Waals surface area contributed by atoms with Gasteiger partial charge in [0.05, 0.1) is 18.8 Å². The van der Waals surface area contributed by atoms with E-state index >= 15 is 0 Å². The van der Waals surface area contributed by atoms with E-state index in [9.17, 15) is 14.7 Å². The molecule has 1 fully saturated rings. The maximum absolute atomic E-state index is 12.3. The third-order valence-corrected chi connectivity index (χ3v) is 5.15. The van der Waals surface area contributed by atoms with Crippen molar-refractivity contribution in [1.82, 2.24) is 14.5 Å². The summed E-state index contributed by atoms with van der Waals surface area (Å²) < 4.78 is 6.87. The molecule has 7 heteroatoms. The van der Waals surface area contributed by atoms with Gasteiger partial charge in [-0.3, -0.25) is 19.2 Å². The lowest BCUT2D eigenvalue weighted by atomic mass is 9.88. The minimum atomic E-state index is -1.04. The first kappa shape index (κ1) is 18.4. The Balaban J connectivity index is 1.89. The van der Waals surface area contributed by atoms with E-state index in [1.807, 2.05) is 24.3 Å². The Labute approximate surface area is 151 Å². The van der Waals surface area contributed by atoms with E-state index in [2.05, 4.69) is 9.88 Å². The van der Waals surface area contributed by atoms with Gasteiger partial charge in [0, 0.05) is 37.0 Å². The lowest BCUT2D eigenvalue weighted by molar-refractivity contribution is -0.0543. The molecule has 0 bridgehead atoms. The summed E-state index contributed by atoms with van der Waals surface area (Å²) in [7, 11) is 1.64. The number of hydrogen-bond acceptors (Lipinski definition) is 5. The number of para-hydroxylation sites is 1. The molecule has 2 aromatic rings. The number of likely N-dealkylation sites (tertiary alicyclic amines) is 1. The van der Waals surface area contributed by atoms with E-state index in [1.165, 1.54) is 10.8 Å². The summed E-state index contributed by atoms with van der Waals surface area (Å²) in [5, 5.41) is 10.9. The molecule has 1 aliphatic heterocycles. The largest absolute Gasteiger partial charge is 0.496 e. The molecular formula is C19H25N3O4. The van der Waals surface area contributed by atoms with Crippen LogP contribution in [0, 0.1) is 6.92 Å². The third kappa shape index (κ3) is 3.59. The highest BCUT2D eigenvalue weighted by molar-refractivity contribution is 5.33. The van der Waals surface area contributed by atoms with Crippen LogP contribution in [0.2, 0.25) is 0 Å². The van der Waals surface area contributed by atoms with Crippen molar-refractivity contribution in [3.05, 3.63) is 62.4 Å². The summed E-state index contributed by atoms with van der Waals surface area (Å²) >= 11 is 0. The average Bonchev–Trinajstić information content (AvgIpc) is 2.60. The molecule has 1 aromatic heterocycles. The Hall–Kier alpha value is -2.38. The van der Waals surface area contributed by atoms with Gasteiger partial charge in [-0.25, -0.2) is 4.79 Å². The van der Waals surface area contributed by atoms with E-state index in [-0.39, 0.29) is 0 Å². The summed E-state index contributed by atoms with van der Waals surface area (Å²) in [6, 6.07) is 7.37. The minimum Gasteiger partial charge on any atom is -0.496 e. The number of hydrogen-bond donors (Lipinski definition) is 2. The predicted octanol–water partition coefficient (Wildman–Crippen LogP) is 1.05. The van der Waals surface area contributed by atoms with Crippen LogP contribution in [0.4, 0.5) is 0 Å². The number of benzene rings is 1. The van der Waals surface area contributed by atoms with E-state index in [0.29, 0.717) is 31.6 Å². The molecule has 0 radical (unpaired) electrons. The number of aromatic nitrogens is 2. The van der Waals surface area contributed by atoms with Crippen LogP contribution in [-0.4, -0.2) is 45.4 Å². The predicted molar refractivity (Wildman–Crippen MR) is 98.6 cm³/mol. The molecular weight excluding hydrogens is 334 g/mol. The Morgan fingerprint density at radius 3 is 2.81 bits per heavy atom. The Morgan fingerprint density at radius 1 is 1.35 bits per heavy atom. The van der Waals surface area contributed by atoms with Crippen molar-refractivity contribution < 1.29 is 9.84 Å². The lowest BCUT2D eigenvalue weighted by Gasteiger charge is -2.43. The normalized spacial score (nSPS) is 23.8. The molecule has 2 heterocycles. The van der Waals surface area contributed by atoms with Crippen molar-refractivity contribution in [2.75, 3.05) is 20.2 Å². The zero-order valence-corrected chi connectivity index (χ0v) is 15.4. The van der Waals surface area contributed by atoms with Gasteiger partial charge in [0.2, 0.25) is 0 Å². The lowest BCUT2D eigenvalue weighted by Crippen LogP contribution is -2.53. The van der Waals surface area contributed by atoms with Crippen LogP contribution in [0.3, 0.4) is 0 Å². The van der Waals surface area contributed by atoms with Gasteiger partial charge >= 0.3 is 5.69 Å². The number of ether oxygens (including phenoxy) is 1. The van der Waals surface area contributed by atoms with Gasteiger partial charge in [0.1, 0.15) is 5.75 Å². The second-order valence-electron chi connectivity index (χ2n) is 7.15. The monoisotopic (exact) mass is 359 g/mol. The zero-order valence-electron chi connectivity index (χ0n) is 15.4. The molecule has 26 heavy (non-hydrogen) atoms. The van der Waals surface area contributed by atoms with Gasteiger partial charge in [0.25, 0.3) is 5.56 Å². The third-order valence-electron chi connectivity index (χ3n) is 5.15. The van der Waals surface area contributed by atoms with E-state index in [0.717, 1.165) is 11.3 Å². The second-order valence-corrected chi connectivity index (χ2v) is 7.15. The Kier molecular flexibility index (Phi) is 5.02. The average molecular weight is 359 g/mol. The molecule has 140 valence electrons. The van der Waals surface area contributed by atoms with Crippen LogP contribution in [0.5, 0.6) is 5.75 Å². The number of rotatable bonds is 4. The molecule has 3 rings (SSSR count).